The molecule has 0 radical (unpaired) electrons. The van der Waals surface area contributed by atoms with Crippen molar-refractivity contribution in [3.63, 3.8) is 0 Å². The molecular weight excluding hydrogens is 252 g/mol. The minimum atomic E-state index is -0.570. The van der Waals surface area contributed by atoms with E-state index < -0.39 is 6.10 Å². The first-order chi connectivity index (χ1) is 9.61. The fraction of sp³-hybridized carbons (Fsp3) is 0.438. The maximum Gasteiger partial charge on any atom is 0.115 e. The van der Waals surface area contributed by atoms with E-state index in [1.165, 1.54) is 0 Å². The smallest absolute Gasteiger partial charge is 0.115 e. The van der Waals surface area contributed by atoms with Gasteiger partial charge in [-0.05, 0) is 25.5 Å². The monoisotopic (exact) mass is 274 g/mol. The van der Waals surface area contributed by atoms with Crippen LogP contribution in [0.1, 0.15) is 26.1 Å². The summed E-state index contributed by atoms with van der Waals surface area (Å²) < 4.78 is 7.37. The zero-order valence-electron chi connectivity index (χ0n) is 12.2. The van der Waals surface area contributed by atoms with Crippen LogP contribution in [-0.2, 0) is 17.7 Å². The van der Waals surface area contributed by atoms with Gasteiger partial charge in [0, 0.05) is 6.42 Å². The third-order valence-electron chi connectivity index (χ3n) is 3.12. The van der Waals surface area contributed by atoms with Crippen molar-refractivity contribution in [3.8, 4) is 0 Å². The largest absolute Gasteiger partial charge is 0.496 e. The lowest BCUT2D eigenvalue weighted by molar-refractivity contribution is 0.0611. The molecule has 2 aromatic rings. The normalized spacial score (nSPS) is 12.6. The lowest BCUT2D eigenvalue weighted by Gasteiger charge is -2.15. The van der Waals surface area contributed by atoms with Crippen LogP contribution in [0.2, 0.25) is 0 Å². The number of aryl methyl sites for hydroxylation is 1. The third-order valence-corrected chi connectivity index (χ3v) is 3.12. The zero-order valence-corrected chi connectivity index (χ0v) is 12.2. The van der Waals surface area contributed by atoms with Crippen molar-refractivity contribution in [2.75, 3.05) is 6.61 Å². The number of aliphatic hydroxyl groups is 1. The highest BCUT2D eigenvalue weighted by atomic mass is 16.5. The molecule has 0 bridgehead atoms. The topological polar surface area (TPSA) is 47.3 Å². The van der Waals surface area contributed by atoms with Crippen LogP contribution in [0, 0.1) is 0 Å². The van der Waals surface area contributed by atoms with Gasteiger partial charge in [0.1, 0.15) is 18.5 Å². The Labute approximate surface area is 119 Å². The van der Waals surface area contributed by atoms with Crippen LogP contribution < -0.4 is 0 Å². The second kappa shape index (κ2) is 6.57. The number of fused-ring (bicyclic) bond motifs is 1. The third kappa shape index (κ3) is 3.39. The number of para-hydroxylation sites is 2. The van der Waals surface area contributed by atoms with E-state index in [4.69, 9.17) is 4.74 Å². The lowest BCUT2D eigenvalue weighted by Crippen LogP contribution is -2.22. The van der Waals surface area contributed by atoms with E-state index in [1.807, 2.05) is 24.3 Å². The molecule has 4 nitrogen and oxygen atoms in total. The molecule has 0 aliphatic carbocycles. The molecule has 1 heterocycles. The molecule has 1 aromatic heterocycles. The van der Waals surface area contributed by atoms with Gasteiger partial charge in [-0.3, -0.25) is 0 Å². The van der Waals surface area contributed by atoms with E-state index in [0.717, 1.165) is 29.7 Å². The number of hydrogen-bond donors (Lipinski definition) is 1. The molecule has 4 heteroatoms. The summed E-state index contributed by atoms with van der Waals surface area (Å²) in [4.78, 5) is 4.64. The van der Waals surface area contributed by atoms with Crippen molar-refractivity contribution >= 4 is 11.0 Å². The summed E-state index contributed by atoms with van der Waals surface area (Å²) in [6.07, 6.45) is 1.37. The van der Waals surface area contributed by atoms with Crippen molar-refractivity contribution in [2.24, 2.45) is 0 Å². The molecule has 0 saturated carbocycles. The average molecular weight is 274 g/mol. The summed E-state index contributed by atoms with van der Waals surface area (Å²) in [5.74, 6) is 1.64. The predicted octanol–water partition coefficient (Wildman–Crippen LogP) is 2.90. The number of aliphatic hydroxyl groups excluding tert-OH is 1. The summed E-state index contributed by atoms with van der Waals surface area (Å²) in [5, 5.41) is 10.1. The first kappa shape index (κ1) is 14.6. The molecule has 20 heavy (non-hydrogen) atoms. The van der Waals surface area contributed by atoms with Gasteiger partial charge in [0.15, 0.2) is 0 Å². The molecule has 0 spiro atoms. The van der Waals surface area contributed by atoms with E-state index in [2.05, 4.69) is 23.1 Å². The van der Waals surface area contributed by atoms with Crippen LogP contribution in [0.15, 0.2) is 36.6 Å². The Hall–Kier alpha value is -1.81. The van der Waals surface area contributed by atoms with Gasteiger partial charge in [-0.25, -0.2) is 4.98 Å². The zero-order chi connectivity index (χ0) is 14.5. The maximum absolute atomic E-state index is 10.1. The first-order valence-corrected chi connectivity index (χ1v) is 7.02. The highest BCUT2D eigenvalue weighted by molar-refractivity contribution is 5.75. The number of allylic oxidation sites excluding steroid dienone is 1. The van der Waals surface area contributed by atoms with Crippen LogP contribution in [0.25, 0.3) is 11.0 Å². The fourth-order valence-electron chi connectivity index (χ4n) is 2.25. The number of benzene rings is 1. The molecule has 0 saturated heterocycles. The Morgan fingerprint density at radius 3 is 2.90 bits per heavy atom. The number of nitrogens with zero attached hydrogens (tertiary/aromatic N) is 2. The molecule has 1 unspecified atom stereocenters. The standard InChI is InChI=1S/C16H22N2O2/c1-4-7-16-17-14-8-5-6-9-15(14)18(16)10-13(19)11-20-12(2)3/h5-6,8-9,13,19H,2,4,7,10-11H2,1,3H3. The summed E-state index contributed by atoms with van der Waals surface area (Å²) in [6, 6.07) is 8.01. The van der Waals surface area contributed by atoms with Crippen LogP contribution >= 0.6 is 0 Å². The van der Waals surface area contributed by atoms with Crippen molar-refractivity contribution < 1.29 is 9.84 Å². The molecule has 0 aliphatic heterocycles. The lowest BCUT2D eigenvalue weighted by atomic mass is 10.3. The average Bonchev–Trinajstić information content (AvgIpc) is 2.75. The van der Waals surface area contributed by atoms with Gasteiger partial charge >= 0.3 is 0 Å². The Balaban J connectivity index is 2.22. The van der Waals surface area contributed by atoms with Crippen LogP contribution in [-0.4, -0.2) is 27.4 Å². The quantitative estimate of drug-likeness (QED) is 0.790. The van der Waals surface area contributed by atoms with E-state index in [-0.39, 0.29) is 6.61 Å². The molecule has 0 aliphatic rings. The van der Waals surface area contributed by atoms with E-state index in [9.17, 15) is 5.11 Å². The van der Waals surface area contributed by atoms with E-state index in [0.29, 0.717) is 12.3 Å². The molecule has 1 aromatic carbocycles. The van der Waals surface area contributed by atoms with Gasteiger partial charge in [0.2, 0.25) is 0 Å². The summed E-state index contributed by atoms with van der Waals surface area (Å²) >= 11 is 0. The molecular formula is C16H22N2O2. The SMILES string of the molecule is C=C(C)OCC(O)Cn1c(CCC)nc2ccccc21. The Morgan fingerprint density at radius 2 is 2.20 bits per heavy atom. The molecule has 1 atom stereocenters. The summed E-state index contributed by atoms with van der Waals surface area (Å²) in [7, 11) is 0. The first-order valence-electron chi connectivity index (χ1n) is 7.02. The van der Waals surface area contributed by atoms with Gasteiger partial charge in [-0.15, -0.1) is 0 Å². The predicted molar refractivity (Wildman–Crippen MR) is 80.5 cm³/mol. The second-order valence-electron chi connectivity index (χ2n) is 5.04. The molecule has 1 N–H and O–H groups in total. The molecule has 0 fully saturated rings. The van der Waals surface area contributed by atoms with Gasteiger partial charge in [-0.2, -0.15) is 0 Å². The second-order valence-corrected chi connectivity index (χ2v) is 5.04. The van der Waals surface area contributed by atoms with E-state index >= 15 is 0 Å². The van der Waals surface area contributed by atoms with Crippen LogP contribution in [0.5, 0.6) is 0 Å². The van der Waals surface area contributed by atoms with Gasteiger partial charge in [0.25, 0.3) is 0 Å². The van der Waals surface area contributed by atoms with Gasteiger partial charge in [0.05, 0.1) is 23.3 Å². The number of ether oxygens (including phenoxy) is 1. The molecule has 0 amide bonds. The van der Waals surface area contributed by atoms with Crippen molar-refractivity contribution in [2.45, 2.75) is 39.3 Å². The van der Waals surface area contributed by atoms with Crippen LogP contribution in [0.4, 0.5) is 0 Å². The van der Waals surface area contributed by atoms with Crippen molar-refractivity contribution in [1.82, 2.24) is 9.55 Å². The Morgan fingerprint density at radius 1 is 1.45 bits per heavy atom. The summed E-state index contributed by atoms with van der Waals surface area (Å²) in [6.45, 7) is 8.32. The van der Waals surface area contributed by atoms with Crippen LogP contribution in [0.3, 0.4) is 0 Å². The fourth-order valence-corrected chi connectivity index (χ4v) is 2.25. The van der Waals surface area contributed by atoms with Crippen molar-refractivity contribution in [1.29, 1.82) is 0 Å². The minimum absolute atomic E-state index is 0.257. The Kier molecular flexibility index (Phi) is 4.79. The highest BCUT2D eigenvalue weighted by Gasteiger charge is 2.13. The maximum atomic E-state index is 10.1. The number of hydrogen-bond acceptors (Lipinski definition) is 3. The Bertz CT molecular complexity index is 589. The van der Waals surface area contributed by atoms with Crippen molar-refractivity contribution in [3.05, 3.63) is 42.4 Å². The summed E-state index contributed by atoms with van der Waals surface area (Å²) in [5.41, 5.74) is 2.04. The highest BCUT2D eigenvalue weighted by Crippen LogP contribution is 2.18. The molecule has 108 valence electrons. The molecule has 2 rings (SSSR count). The number of rotatable bonds is 7. The number of imidazole rings is 1. The number of aromatic nitrogens is 2. The van der Waals surface area contributed by atoms with Gasteiger partial charge < -0.3 is 14.4 Å². The van der Waals surface area contributed by atoms with E-state index in [1.54, 1.807) is 6.92 Å². The minimum Gasteiger partial charge on any atom is -0.496 e. The van der Waals surface area contributed by atoms with Gasteiger partial charge in [-0.1, -0.05) is 25.6 Å².